The lowest BCUT2D eigenvalue weighted by Crippen LogP contribution is -2.39. The van der Waals surface area contributed by atoms with Gasteiger partial charge in [0.2, 0.25) is 11.7 Å². The minimum atomic E-state index is -0.550. The van der Waals surface area contributed by atoms with E-state index in [2.05, 4.69) is 22.3 Å². The lowest BCUT2D eigenvalue weighted by Gasteiger charge is -2.24. The highest BCUT2D eigenvalue weighted by molar-refractivity contribution is 5.81. The second-order valence-corrected chi connectivity index (χ2v) is 8.23. The maximum Gasteiger partial charge on any atom is 0.263 e. The molecule has 0 saturated heterocycles. The van der Waals surface area contributed by atoms with Crippen LogP contribution in [-0.4, -0.2) is 34.1 Å². The van der Waals surface area contributed by atoms with Crippen molar-refractivity contribution in [1.82, 2.24) is 15.0 Å². The van der Waals surface area contributed by atoms with E-state index in [0.717, 1.165) is 29.7 Å². The summed E-state index contributed by atoms with van der Waals surface area (Å²) in [5.74, 6) is 1.58. The first kappa shape index (κ1) is 21.1. The number of carbonyl (C=O) groups excluding carboxylic acids is 1. The molecule has 1 aromatic heterocycles. The van der Waals surface area contributed by atoms with E-state index in [1.807, 2.05) is 44.2 Å². The van der Waals surface area contributed by atoms with E-state index in [4.69, 9.17) is 9.26 Å². The molecule has 0 N–H and O–H groups in total. The van der Waals surface area contributed by atoms with Crippen molar-refractivity contribution in [2.45, 2.75) is 58.6 Å². The van der Waals surface area contributed by atoms with Gasteiger partial charge < -0.3 is 14.2 Å². The number of hydrogen-bond donors (Lipinski definition) is 0. The van der Waals surface area contributed by atoms with Gasteiger partial charge >= 0.3 is 0 Å². The van der Waals surface area contributed by atoms with Crippen molar-refractivity contribution in [3.8, 4) is 17.1 Å². The summed E-state index contributed by atoms with van der Waals surface area (Å²) < 4.78 is 11.5. The summed E-state index contributed by atoms with van der Waals surface area (Å²) >= 11 is 0. The molecular weight excluding hydrogens is 390 g/mol. The van der Waals surface area contributed by atoms with Gasteiger partial charge in [0, 0.05) is 12.6 Å². The van der Waals surface area contributed by atoms with Crippen LogP contribution in [0.4, 0.5) is 0 Å². The number of benzene rings is 2. The number of carbonyl (C=O) groups is 1. The Labute approximate surface area is 183 Å². The number of fused-ring (bicyclic) bond motifs is 1. The summed E-state index contributed by atoms with van der Waals surface area (Å²) in [6, 6.07) is 14.1. The molecule has 1 heterocycles. The highest BCUT2D eigenvalue weighted by atomic mass is 16.5. The zero-order chi connectivity index (χ0) is 21.8. The lowest BCUT2D eigenvalue weighted by molar-refractivity contribution is -0.138. The van der Waals surface area contributed by atoms with Gasteiger partial charge in [-0.25, -0.2) is 0 Å². The quantitative estimate of drug-likeness (QED) is 0.553. The third kappa shape index (κ3) is 4.95. The Hall–Kier alpha value is -3.15. The summed E-state index contributed by atoms with van der Waals surface area (Å²) in [5, 5.41) is 4.06. The van der Waals surface area contributed by atoms with Crippen molar-refractivity contribution in [1.29, 1.82) is 0 Å². The number of likely N-dealkylation sites (N-methyl/N-ethyl adjacent to an activating group) is 1. The number of aromatic nitrogens is 2. The SMILES string of the molecule is CCC(Oc1ccc2c(c1)CCCC2)C(=O)N(C)Cc1nc(-c2cccc(C)c2)no1. The molecule has 0 aliphatic heterocycles. The van der Waals surface area contributed by atoms with E-state index in [1.165, 1.54) is 24.0 Å². The van der Waals surface area contributed by atoms with Gasteiger partial charge in [0.1, 0.15) is 5.75 Å². The molecule has 1 aliphatic rings. The van der Waals surface area contributed by atoms with Crippen LogP contribution in [0.25, 0.3) is 11.4 Å². The number of amides is 1. The van der Waals surface area contributed by atoms with E-state index in [0.29, 0.717) is 18.1 Å². The Bertz CT molecular complexity index is 1060. The summed E-state index contributed by atoms with van der Waals surface area (Å²) in [4.78, 5) is 19.0. The van der Waals surface area contributed by atoms with Crippen molar-refractivity contribution in [2.24, 2.45) is 0 Å². The van der Waals surface area contributed by atoms with Gasteiger partial charge in [-0.2, -0.15) is 4.98 Å². The van der Waals surface area contributed by atoms with Crippen molar-refractivity contribution >= 4 is 5.91 Å². The molecule has 162 valence electrons. The molecule has 0 radical (unpaired) electrons. The van der Waals surface area contributed by atoms with Crippen molar-refractivity contribution in [3.05, 3.63) is 65.0 Å². The zero-order valence-electron chi connectivity index (χ0n) is 18.4. The zero-order valence-corrected chi connectivity index (χ0v) is 18.4. The smallest absolute Gasteiger partial charge is 0.263 e. The van der Waals surface area contributed by atoms with Gasteiger partial charge in [-0.05, 0) is 68.4 Å². The molecule has 1 amide bonds. The van der Waals surface area contributed by atoms with Crippen LogP contribution in [0.15, 0.2) is 47.0 Å². The second kappa shape index (κ2) is 9.33. The predicted octanol–water partition coefficient (Wildman–Crippen LogP) is 4.74. The molecule has 6 nitrogen and oxygen atoms in total. The molecule has 0 bridgehead atoms. The summed E-state index contributed by atoms with van der Waals surface area (Å²) in [7, 11) is 1.73. The average molecular weight is 420 g/mol. The van der Waals surface area contributed by atoms with Crippen molar-refractivity contribution in [3.63, 3.8) is 0 Å². The fraction of sp³-hybridized carbons (Fsp3) is 0.400. The highest BCUT2D eigenvalue weighted by Crippen LogP contribution is 2.26. The average Bonchev–Trinajstić information content (AvgIpc) is 3.25. The monoisotopic (exact) mass is 419 g/mol. The first-order chi connectivity index (χ1) is 15.0. The normalized spacial score (nSPS) is 14.0. The van der Waals surface area contributed by atoms with Gasteiger partial charge in [-0.3, -0.25) is 4.79 Å². The summed E-state index contributed by atoms with van der Waals surface area (Å²) in [6.45, 7) is 4.21. The minimum absolute atomic E-state index is 0.101. The van der Waals surface area contributed by atoms with Crippen LogP contribution in [0.2, 0.25) is 0 Å². The van der Waals surface area contributed by atoms with Crippen LogP contribution >= 0.6 is 0 Å². The van der Waals surface area contributed by atoms with E-state index in [-0.39, 0.29) is 12.5 Å². The maximum atomic E-state index is 13.0. The molecule has 0 spiro atoms. The number of aryl methyl sites for hydroxylation is 3. The van der Waals surface area contributed by atoms with E-state index in [9.17, 15) is 4.79 Å². The van der Waals surface area contributed by atoms with E-state index in [1.54, 1.807) is 11.9 Å². The Balaban J connectivity index is 1.41. The largest absolute Gasteiger partial charge is 0.481 e. The summed E-state index contributed by atoms with van der Waals surface area (Å²) in [6.07, 6.45) is 4.70. The summed E-state index contributed by atoms with van der Waals surface area (Å²) in [5.41, 5.74) is 4.76. The number of hydrogen-bond acceptors (Lipinski definition) is 5. The predicted molar refractivity (Wildman–Crippen MR) is 119 cm³/mol. The number of ether oxygens (including phenoxy) is 1. The Kier molecular flexibility index (Phi) is 6.35. The minimum Gasteiger partial charge on any atom is -0.481 e. The number of rotatable bonds is 7. The Morgan fingerprint density at radius 2 is 1.97 bits per heavy atom. The molecule has 2 aromatic carbocycles. The van der Waals surface area contributed by atoms with Crippen molar-refractivity contribution < 1.29 is 14.1 Å². The van der Waals surface area contributed by atoms with Crippen molar-refractivity contribution in [2.75, 3.05) is 7.05 Å². The molecular formula is C25H29N3O3. The van der Waals surface area contributed by atoms with Crippen LogP contribution < -0.4 is 4.74 Å². The van der Waals surface area contributed by atoms with Gasteiger partial charge in [0.25, 0.3) is 5.91 Å². The Morgan fingerprint density at radius 1 is 1.16 bits per heavy atom. The third-order valence-corrected chi connectivity index (χ3v) is 5.74. The molecule has 6 heteroatoms. The third-order valence-electron chi connectivity index (χ3n) is 5.74. The van der Waals surface area contributed by atoms with Gasteiger partial charge in [-0.15, -0.1) is 0 Å². The van der Waals surface area contributed by atoms with Gasteiger partial charge in [-0.1, -0.05) is 41.9 Å². The van der Waals surface area contributed by atoms with Crippen LogP contribution in [-0.2, 0) is 24.2 Å². The van der Waals surface area contributed by atoms with Crippen LogP contribution in [0.3, 0.4) is 0 Å². The number of nitrogens with zero attached hydrogens (tertiary/aromatic N) is 3. The fourth-order valence-electron chi connectivity index (χ4n) is 4.00. The highest BCUT2D eigenvalue weighted by Gasteiger charge is 2.24. The molecule has 3 aromatic rings. The molecule has 1 aliphatic carbocycles. The topological polar surface area (TPSA) is 68.5 Å². The second-order valence-electron chi connectivity index (χ2n) is 8.23. The lowest BCUT2D eigenvalue weighted by atomic mass is 9.92. The van der Waals surface area contributed by atoms with E-state index >= 15 is 0 Å². The van der Waals surface area contributed by atoms with Crippen LogP contribution in [0.1, 0.15) is 48.8 Å². The molecule has 1 unspecified atom stereocenters. The standard InChI is InChI=1S/C25H29N3O3/c1-4-22(30-21-13-12-18-9-5-6-10-19(18)15-21)25(29)28(3)16-23-26-24(27-31-23)20-11-7-8-17(2)14-20/h7-8,11-15,22H,4-6,9-10,16H2,1-3H3. The molecule has 0 saturated carbocycles. The molecule has 4 rings (SSSR count). The fourth-order valence-corrected chi connectivity index (χ4v) is 4.00. The van der Waals surface area contributed by atoms with Crippen LogP contribution in [0, 0.1) is 6.92 Å². The Morgan fingerprint density at radius 3 is 2.74 bits per heavy atom. The molecule has 31 heavy (non-hydrogen) atoms. The molecule has 1 atom stereocenters. The van der Waals surface area contributed by atoms with E-state index < -0.39 is 6.10 Å². The first-order valence-corrected chi connectivity index (χ1v) is 11.0. The maximum absolute atomic E-state index is 13.0. The van der Waals surface area contributed by atoms with Gasteiger partial charge in [0.05, 0.1) is 6.54 Å². The first-order valence-electron chi connectivity index (χ1n) is 11.0. The van der Waals surface area contributed by atoms with Gasteiger partial charge in [0.15, 0.2) is 6.10 Å². The van der Waals surface area contributed by atoms with Crippen LogP contribution in [0.5, 0.6) is 5.75 Å². The molecule has 0 fully saturated rings.